The van der Waals surface area contributed by atoms with Crippen LogP contribution in [0, 0.1) is 0 Å². The number of benzene rings is 2. The van der Waals surface area contributed by atoms with Crippen molar-refractivity contribution in [1.29, 1.82) is 0 Å². The molecule has 180 valence electrons. The number of carbonyl (C=O) groups is 3. The smallest absolute Gasteiger partial charge is 0.328 e. The van der Waals surface area contributed by atoms with Gasteiger partial charge in [-0.25, -0.2) is 4.79 Å². The van der Waals surface area contributed by atoms with E-state index in [1.807, 2.05) is 30.3 Å². The maximum absolute atomic E-state index is 12.9. The van der Waals surface area contributed by atoms with Gasteiger partial charge in [0.15, 0.2) is 11.5 Å². The van der Waals surface area contributed by atoms with Gasteiger partial charge in [0, 0.05) is 31.5 Å². The van der Waals surface area contributed by atoms with E-state index in [9.17, 15) is 14.4 Å². The number of aryl methyl sites for hydroxylation is 1. The molecule has 3 rings (SSSR count). The topological polar surface area (TPSA) is 94.2 Å². The van der Waals surface area contributed by atoms with Gasteiger partial charge in [0.2, 0.25) is 11.8 Å². The lowest BCUT2D eigenvalue weighted by Gasteiger charge is -2.20. The molecule has 2 aromatic carbocycles. The van der Waals surface area contributed by atoms with Gasteiger partial charge in [0.05, 0.1) is 21.3 Å². The molecule has 1 fully saturated rings. The molecule has 1 saturated heterocycles. The van der Waals surface area contributed by atoms with Gasteiger partial charge in [0.25, 0.3) is 0 Å². The van der Waals surface area contributed by atoms with Gasteiger partial charge in [-0.3, -0.25) is 9.59 Å². The Morgan fingerprint density at radius 2 is 1.76 bits per heavy atom. The lowest BCUT2D eigenvalue weighted by atomic mass is 10.1. The van der Waals surface area contributed by atoms with Crippen molar-refractivity contribution in [2.45, 2.75) is 31.3 Å². The van der Waals surface area contributed by atoms with Gasteiger partial charge in [0.1, 0.15) is 6.04 Å². The Labute approximate surface area is 199 Å². The minimum absolute atomic E-state index is 0.118. The second-order valence-corrected chi connectivity index (χ2v) is 7.96. The summed E-state index contributed by atoms with van der Waals surface area (Å²) in [5.41, 5.74) is 1.82. The fraction of sp³-hybridized carbons (Fsp3) is 0.346. The summed E-state index contributed by atoms with van der Waals surface area (Å²) in [4.78, 5) is 39.1. The molecule has 1 aliphatic heterocycles. The van der Waals surface area contributed by atoms with Crippen LogP contribution < -0.4 is 14.8 Å². The zero-order valence-corrected chi connectivity index (χ0v) is 19.7. The van der Waals surface area contributed by atoms with Crippen LogP contribution in [0.15, 0.2) is 54.6 Å². The van der Waals surface area contributed by atoms with Gasteiger partial charge < -0.3 is 24.4 Å². The number of nitrogens with one attached hydrogen (secondary N) is 1. The molecule has 2 unspecified atom stereocenters. The Morgan fingerprint density at radius 1 is 1.03 bits per heavy atom. The number of nitrogens with zero attached hydrogens (tertiary/aromatic N) is 1. The number of hydrogen-bond acceptors (Lipinski definition) is 6. The van der Waals surface area contributed by atoms with E-state index in [0.717, 1.165) is 11.1 Å². The van der Waals surface area contributed by atoms with Crippen LogP contribution in [0.1, 0.15) is 24.0 Å². The van der Waals surface area contributed by atoms with Crippen LogP contribution >= 0.6 is 0 Å². The minimum atomic E-state index is -0.757. The van der Waals surface area contributed by atoms with E-state index in [1.54, 1.807) is 31.4 Å². The molecule has 8 nitrogen and oxygen atoms in total. The average molecular weight is 467 g/mol. The zero-order valence-electron chi connectivity index (χ0n) is 19.7. The number of esters is 1. The fourth-order valence-electron chi connectivity index (χ4n) is 3.97. The Kier molecular flexibility index (Phi) is 8.67. The first kappa shape index (κ1) is 24.8. The largest absolute Gasteiger partial charge is 0.493 e. The van der Waals surface area contributed by atoms with Crippen molar-refractivity contribution >= 4 is 23.9 Å². The second kappa shape index (κ2) is 11.9. The number of amides is 2. The highest BCUT2D eigenvalue weighted by molar-refractivity contribution is 5.95. The lowest BCUT2D eigenvalue weighted by Crippen LogP contribution is -2.41. The number of likely N-dealkylation sites (tertiary alicyclic amines) is 1. The Morgan fingerprint density at radius 3 is 2.44 bits per heavy atom. The van der Waals surface area contributed by atoms with E-state index >= 15 is 0 Å². The molecule has 0 radical (unpaired) electrons. The van der Waals surface area contributed by atoms with Crippen LogP contribution in [0.5, 0.6) is 11.5 Å². The minimum Gasteiger partial charge on any atom is -0.493 e. The molecular formula is C26H30N2O6. The van der Waals surface area contributed by atoms with Crippen molar-refractivity contribution < 1.29 is 28.6 Å². The van der Waals surface area contributed by atoms with Crippen molar-refractivity contribution in [3.05, 3.63) is 65.7 Å². The first-order chi connectivity index (χ1) is 16.4. The summed E-state index contributed by atoms with van der Waals surface area (Å²) in [6.07, 6.45) is 4.30. The molecule has 0 aromatic heterocycles. The Hall–Kier alpha value is -3.81. The third kappa shape index (κ3) is 6.37. The van der Waals surface area contributed by atoms with E-state index in [4.69, 9.17) is 14.2 Å². The first-order valence-corrected chi connectivity index (χ1v) is 11.1. The van der Waals surface area contributed by atoms with Gasteiger partial charge in [-0.2, -0.15) is 0 Å². The van der Waals surface area contributed by atoms with E-state index in [2.05, 4.69) is 5.32 Å². The summed E-state index contributed by atoms with van der Waals surface area (Å²) in [5.74, 6) is 0.166. The van der Waals surface area contributed by atoms with Crippen molar-refractivity contribution in [1.82, 2.24) is 10.2 Å². The molecule has 0 bridgehead atoms. The third-order valence-electron chi connectivity index (χ3n) is 5.73. The molecule has 0 aliphatic carbocycles. The summed E-state index contributed by atoms with van der Waals surface area (Å²) in [5, 5.41) is 2.95. The van der Waals surface area contributed by atoms with Gasteiger partial charge in [-0.1, -0.05) is 36.4 Å². The normalized spacial score (nSPS) is 17.4. The number of hydrogen-bond donors (Lipinski definition) is 1. The van der Waals surface area contributed by atoms with Crippen molar-refractivity contribution in [3.8, 4) is 11.5 Å². The quantitative estimate of drug-likeness (QED) is 0.451. The fourth-order valence-corrected chi connectivity index (χ4v) is 3.97. The molecular weight excluding hydrogens is 436 g/mol. The lowest BCUT2D eigenvalue weighted by molar-refractivity contribution is -0.149. The van der Waals surface area contributed by atoms with Gasteiger partial charge in [-0.15, -0.1) is 0 Å². The van der Waals surface area contributed by atoms with Crippen molar-refractivity contribution in [2.24, 2.45) is 0 Å². The van der Waals surface area contributed by atoms with E-state index in [0.29, 0.717) is 30.8 Å². The second-order valence-electron chi connectivity index (χ2n) is 7.96. The molecule has 1 aliphatic rings. The van der Waals surface area contributed by atoms with Crippen LogP contribution in [0.25, 0.3) is 6.08 Å². The highest BCUT2D eigenvalue weighted by atomic mass is 16.5. The highest BCUT2D eigenvalue weighted by Gasteiger charge is 2.40. The standard InChI is InChI=1S/C26H30N2O6/c1-32-22-12-9-19(15-23(22)33-2)11-14-25(30)28-17-20(16-21(28)26(31)34-3)27-24(29)13-10-18-7-5-4-6-8-18/h4-9,11-12,14-15,20-21H,10,13,16-17H2,1-3H3,(H,27,29)/b14-11+. The van der Waals surface area contributed by atoms with Crippen molar-refractivity contribution in [3.63, 3.8) is 0 Å². The summed E-state index contributed by atoms with van der Waals surface area (Å²) in [7, 11) is 4.38. The molecule has 0 spiro atoms. The molecule has 34 heavy (non-hydrogen) atoms. The Bertz CT molecular complexity index is 1040. The average Bonchev–Trinajstić information content (AvgIpc) is 3.29. The number of methoxy groups -OCH3 is 3. The van der Waals surface area contributed by atoms with Crippen LogP contribution in [0.3, 0.4) is 0 Å². The van der Waals surface area contributed by atoms with Crippen molar-refractivity contribution in [2.75, 3.05) is 27.9 Å². The van der Waals surface area contributed by atoms with E-state index in [1.165, 1.54) is 25.2 Å². The summed E-state index contributed by atoms with van der Waals surface area (Å²) < 4.78 is 15.4. The first-order valence-electron chi connectivity index (χ1n) is 11.1. The molecule has 8 heteroatoms. The summed E-state index contributed by atoms with van der Waals surface area (Å²) in [6.45, 7) is 0.228. The van der Waals surface area contributed by atoms with Crippen LogP contribution in [-0.2, 0) is 25.5 Å². The molecule has 2 amide bonds. The molecule has 2 atom stereocenters. The maximum atomic E-state index is 12.9. The van der Waals surface area contributed by atoms with Crippen LogP contribution in [-0.4, -0.2) is 62.6 Å². The molecule has 1 N–H and O–H groups in total. The number of ether oxygens (including phenoxy) is 3. The predicted octanol–water partition coefficient (Wildman–Crippen LogP) is 2.61. The van der Waals surface area contributed by atoms with Crippen LogP contribution in [0.4, 0.5) is 0 Å². The summed E-state index contributed by atoms with van der Waals surface area (Å²) >= 11 is 0. The zero-order chi connectivity index (χ0) is 24.5. The molecule has 0 saturated carbocycles. The Balaban J connectivity index is 1.63. The van der Waals surface area contributed by atoms with Gasteiger partial charge in [-0.05, 0) is 35.8 Å². The highest BCUT2D eigenvalue weighted by Crippen LogP contribution is 2.28. The number of carbonyl (C=O) groups excluding carboxylic acids is 3. The monoisotopic (exact) mass is 466 g/mol. The predicted molar refractivity (Wildman–Crippen MR) is 127 cm³/mol. The third-order valence-corrected chi connectivity index (χ3v) is 5.73. The SMILES string of the molecule is COC(=O)C1CC(NC(=O)CCc2ccccc2)CN1C(=O)/C=C/c1ccc(OC)c(OC)c1. The number of rotatable bonds is 9. The maximum Gasteiger partial charge on any atom is 0.328 e. The molecule has 1 heterocycles. The summed E-state index contributed by atoms with van der Waals surface area (Å²) in [6, 6.07) is 14.0. The van der Waals surface area contributed by atoms with E-state index < -0.39 is 12.0 Å². The van der Waals surface area contributed by atoms with Crippen LogP contribution in [0.2, 0.25) is 0 Å². The molecule has 2 aromatic rings. The van der Waals surface area contributed by atoms with Gasteiger partial charge >= 0.3 is 5.97 Å². The van der Waals surface area contributed by atoms with E-state index in [-0.39, 0.29) is 24.4 Å².